The third-order valence-electron chi connectivity index (χ3n) is 2.95. The molecule has 1 aromatic heterocycles. The Morgan fingerprint density at radius 2 is 1.71 bits per heavy atom. The number of rotatable bonds is 8. The van der Waals surface area contributed by atoms with Gasteiger partial charge >= 0.3 is 0 Å². The van der Waals surface area contributed by atoms with Crippen LogP contribution in [0.3, 0.4) is 0 Å². The Morgan fingerprint density at radius 3 is 2.24 bits per heavy atom. The van der Waals surface area contributed by atoms with E-state index in [0.29, 0.717) is 21.7 Å². The molecule has 0 aliphatic rings. The maximum absolute atomic E-state index is 6.22. The molecule has 21 heavy (non-hydrogen) atoms. The molecule has 0 spiro atoms. The Balaban J connectivity index is 2.78. The average molecular weight is 333 g/mol. The lowest BCUT2D eigenvalue weighted by molar-refractivity contribution is 0.254. The minimum atomic E-state index is 0.116. The third kappa shape index (κ3) is 6.29. The monoisotopic (exact) mass is 332 g/mol. The smallest absolute Gasteiger partial charge is 0.147 e. The van der Waals surface area contributed by atoms with Crippen LogP contribution in [0, 0.1) is 5.41 Å². The van der Waals surface area contributed by atoms with Crippen molar-refractivity contribution < 1.29 is 0 Å². The highest BCUT2D eigenvalue weighted by molar-refractivity contribution is 6.37. The SMILES string of the molecule is CCCNc1nc(NCC(C)(C)CN(C)C)c(Cl)cc1Cl. The maximum Gasteiger partial charge on any atom is 0.147 e. The number of hydrogen-bond acceptors (Lipinski definition) is 4. The van der Waals surface area contributed by atoms with Gasteiger partial charge in [-0.25, -0.2) is 4.98 Å². The van der Waals surface area contributed by atoms with Gasteiger partial charge in [0.2, 0.25) is 0 Å². The Labute approximate surface area is 138 Å². The summed E-state index contributed by atoms with van der Waals surface area (Å²) < 4.78 is 0. The van der Waals surface area contributed by atoms with Crippen LogP contribution in [0.25, 0.3) is 0 Å². The lowest BCUT2D eigenvalue weighted by Gasteiger charge is -2.29. The van der Waals surface area contributed by atoms with Crippen molar-refractivity contribution in [2.45, 2.75) is 27.2 Å². The molecule has 0 radical (unpaired) electrons. The van der Waals surface area contributed by atoms with E-state index in [-0.39, 0.29) is 5.41 Å². The molecule has 0 atom stereocenters. The largest absolute Gasteiger partial charge is 0.369 e. The normalized spacial score (nSPS) is 11.8. The molecular formula is C15H26Cl2N4. The highest BCUT2D eigenvalue weighted by atomic mass is 35.5. The second-order valence-electron chi connectivity index (χ2n) is 6.33. The van der Waals surface area contributed by atoms with Crippen LogP contribution in [0.5, 0.6) is 0 Å². The Morgan fingerprint density at radius 1 is 1.14 bits per heavy atom. The summed E-state index contributed by atoms with van der Waals surface area (Å²) in [5, 5.41) is 7.64. The topological polar surface area (TPSA) is 40.2 Å². The highest BCUT2D eigenvalue weighted by Gasteiger charge is 2.20. The third-order valence-corrected chi connectivity index (χ3v) is 3.53. The van der Waals surface area contributed by atoms with Gasteiger partial charge in [-0.15, -0.1) is 0 Å². The maximum atomic E-state index is 6.22. The van der Waals surface area contributed by atoms with Gasteiger partial charge in [0.15, 0.2) is 0 Å². The zero-order valence-corrected chi connectivity index (χ0v) is 15.1. The first-order valence-electron chi connectivity index (χ1n) is 7.23. The highest BCUT2D eigenvalue weighted by Crippen LogP contribution is 2.30. The van der Waals surface area contributed by atoms with Gasteiger partial charge in [0, 0.05) is 19.6 Å². The number of anilines is 2. The van der Waals surface area contributed by atoms with Gasteiger partial charge in [-0.3, -0.25) is 0 Å². The molecule has 1 aromatic rings. The standard InChI is InChI=1S/C15H26Cl2N4/c1-6-7-18-13-11(16)8-12(17)14(20-13)19-9-15(2,3)10-21(4)5/h8H,6-7,9-10H2,1-5H3,(H2,18,19,20). The van der Waals surface area contributed by atoms with Crippen LogP contribution in [0.4, 0.5) is 11.6 Å². The summed E-state index contributed by atoms with van der Waals surface area (Å²) in [4.78, 5) is 6.67. The van der Waals surface area contributed by atoms with E-state index >= 15 is 0 Å². The minimum absolute atomic E-state index is 0.116. The van der Waals surface area contributed by atoms with Gasteiger partial charge in [-0.05, 0) is 32.0 Å². The minimum Gasteiger partial charge on any atom is -0.369 e. The molecule has 6 heteroatoms. The first-order chi connectivity index (χ1) is 9.75. The van der Waals surface area contributed by atoms with Gasteiger partial charge in [0.1, 0.15) is 11.6 Å². The van der Waals surface area contributed by atoms with Crippen LogP contribution in [0.15, 0.2) is 6.07 Å². The van der Waals surface area contributed by atoms with Crippen LogP contribution in [0.1, 0.15) is 27.2 Å². The van der Waals surface area contributed by atoms with Gasteiger partial charge in [0.05, 0.1) is 10.0 Å². The number of hydrogen-bond donors (Lipinski definition) is 2. The predicted octanol–water partition coefficient (Wildman–Crippen LogP) is 4.21. The van der Waals surface area contributed by atoms with Crippen molar-refractivity contribution in [1.82, 2.24) is 9.88 Å². The Kier molecular flexibility index (Phi) is 7.04. The van der Waals surface area contributed by atoms with Crippen LogP contribution in [-0.4, -0.2) is 43.6 Å². The molecular weight excluding hydrogens is 307 g/mol. The molecule has 1 rings (SSSR count). The first kappa shape index (κ1) is 18.3. The van der Waals surface area contributed by atoms with Crippen LogP contribution in [-0.2, 0) is 0 Å². The number of halogens is 2. The molecule has 4 nitrogen and oxygen atoms in total. The number of nitrogens with zero attached hydrogens (tertiary/aromatic N) is 2. The van der Waals surface area contributed by atoms with E-state index in [1.807, 2.05) is 0 Å². The molecule has 0 saturated heterocycles. The summed E-state index contributed by atoms with van der Waals surface area (Å²) in [7, 11) is 4.14. The molecule has 0 unspecified atom stereocenters. The van der Waals surface area contributed by atoms with E-state index in [2.05, 4.69) is 55.4 Å². The van der Waals surface area contributed by atoms with Crippen molar-refractivity contribution in [1.29, 1.82) is 0 Å². The fourth-order valence-electron chi connectivity index (χ4n) is 2.19. The number of pyridine rings is 1. The zero-order chi connectivity index (χ0) is 16.0. The average Bonchev–Trinajstić information content (AvgIpc) is 2.35. The van der Waals surface area contributed by atoms with Crippen molar-refractivity contribution in [3.8, 4) is 0 Å². The summed E-state index contributed by atoms with van der Waals surface area (Å²) in [5.41, 5.74) is 0.116. The molecule has 0 bridgehead atoms. The number of aromatic nitrogens is 1. The van der Waals surface area contributed by atoms with Crippen LogP contribution >= 0.6 is 23.2 Å². The Bertz CT molecular complexity index is 461. The van der Waals surface area contributed by atoms with Gasteiger partial charge in [-0.1, -0.05) is 44.0 Å². The van der Waals surface area contributed by atoms with Crippen molar-refractivity contribution >= 4 is 34.8 Å². The Hall–Kier alpha value is -0.710. The molecule has 0 aliphatic carbocycles. The summed E-state index contributed by atoms with van der Waals surface area (Å²) >= 11 is 12.4. The number of nitrogens with one attached hydrogen (secondary N) is 2. The van der Waals surface area contributed by atoms with Gasteiger partial charge in [0.25, 0.3) is 0 Å². The molecule has 2 N–H and O–H groups in total. The second kappa shape index (κ2) is 8.06. The summed E-state index contributed by atoms with van der Waals surface area (Å²) in [6.45, 7) is 9.11. The van der Waals surface area contributed by atoms with Gasteiger partial charge < -0.3 is 15.5 Å². The molecule has 0 amide bonds. The van der Waals surface area contributed by atoms with E-state index in [1.165, 1.54) is 0 Å². The van der Waals surface area contributed by atoms with Crippen LogP contribution < -0.4 is 10.6 Å². The lowest BCUT2D eigenvalue weighted by Crippen LogP contribution is -2.34. The van der Waals surface area contributed by atoms with E-state index < -0.39 is 0 Å². The molecule has 0 fully saturated rings. The first-order valence-corrected chi connectivity index (χ1v) is 7.99. The van der Waals surface area contributed by atoms with E-state index in [4.69, 9.17) is 23.2 Å². The summed E-state index contributed by atoms with van der Waals surface area (Å²) in [6, 6.07) is 1.73. The van der Waals surface area contributed by atoms with E-state index in [1.54, 1.807) is 6.07 Å². The van der Waals surface area contributed by atoms with Crippen molar-refractivity contribution in [3.63, 3.8) is 0 Å². The summed E-state index contributed by atoms with van der Waals surface area (Å²) in [5.74, 6) is 1.35. The van der Waals surface area contributed by atoms with E-state index in [9.17, 15) is 0 Å². The fourth-order valence-corrected chi connectivity index (χ4v) is 2.69. The molecule has 1 heterocycles. The van der Waals surface area contributed by atoms with Crippen molar-refractivity contribution in [2.24, 2.45) is 5.41 Å². The molecule has 120 valence electrons. The molecule has 0 aromatic carbocycles. The molecule has 0 aliphatic heterocycles. The fraction of sp³-hybridized carbons (Fsp3) is 0.667. The van der Waals surface area contributed by atoms with Crippen molar-refractivity contribution in [3.05, 3.63) is 16.1 Å². The van der Waals surface area contributed by atoms with Crippen LogP contribution in [0.2, 0.25) is 10.0 Å². The lowest BCUT2D eigenvalue weighted by atomic mass is 9.93. The zero-order valence-electron chi connectivity index (χ0n) is 13.6. The quantitative estimate of drug-likeness (QED) is 0.748. The van der Waals surface area contributed by atoms with Crippen molar-refractivity contribution in [2.75, 3.05) is 44.4 Å². The predicted molar refractivity (Wildman–Crippen MR) is 93.9 cm³/mol. The second-order valence-corrected chi connectivity index (χ2v) is 7.15. The summed E-state index contributed by atoms with van der Waals surface area (Å²) in [6.07, 6.45) is 1.01. The van der Waals surface area contributed by atoms with Gasteiger partial charge in [-0.2, -0.15) is 0 Å². The molecule has 0 saturated carbocycles. The van der Waals surface area contributed by atoms with E-state index in [0.717, 1.165) is 26.1 Å².